The Bertz CT molecular complexity index is 1720. The molecule has 8 aliphatic rings. The highest BCUT2D eigenvalue weighted by atomic mass is 16.5. The van der Waals surface area contributed by atoms with E-state index in [1.165, 1.54) is 31.3 Å². The molecule has 7 saturated carbocycles. The Balaban J connectivity index is 1.00. The molecule has 0 spiro atoms. The van der Waals surface area contributed by atoms with Gasteiger partial charge >= 0.3 is 11.9 Å². The number of esters is 1. The number of hydrogen-bond donors (Lipinski definition) is 1. The van der Waals surface area contributed by atoms with Gasteiger partial charge in [0.25, 0.3) is 0 Å². The monoisotopic (exact) mass is 802 g/mol. The molecule has 2 unspecified atom stereocenters. The van der Waals surface area contributed by atoms with Gasteiger partial charge in [0.05, 0.1) is 11.8 Å². The normalized spacial score (nSPS) is 47.1. The SMILES string of the molecule is C=C(C)[C@@H]1CC[C@]2(C(=O)CC3C[C@@H](C(=O)N4CCCCC4)C3(C)C)CC[C@]3(C)[C@H](CC[C@@H]4[C@@]5(C)CC[C@H](OC(=O)C6C[C@H](C(=O)O)C6(C)C)C(C)(C)[C@@H]5CC[C@]43C)[C@@H]12. The Morgan fingerprint density at radius 2 is 1.38 bits per heavy atom. The largest absolute Gasteiger partial charge is 0.481 e. The van der Waals surface area contributed by atoms with Crippen LogP contribution in [0.1, 0.15) is 172 Å². The van der Waals surface area contributed by atoms with Gasteiger partial charge in [0.1, 0.15) is 11.9 Å². The van der Waals surface area contributed by atoms with Crippen molar-refractivity contribution >= 4 is 23.6 Å². The first-order chi connectivity index (χ1) is 27.0. The maximum atomic E-state index is 15.2. The summed E-state index contributed by atoms with van der Waals surface area (Å²) < 4.78 is 6.46. The number of carboxylic acids is 1. The van der Waals surface area contributed by atoms with Crippen molar-refractivity contribution < 1.29 is 29.0 Å². The summed E-state index contributed by atoms with van der Waals surface area (Å²) in [5.41, 5.74) is 0.475. The van der Waals surface area contributed by atoms with Crippen LogP contribution in [0.3, 0.4) is 0 Å². The summed E-state index contributed by atoms with van der Waals surface area (Å²) in [6, 6.07) is 0. The molecule has 0 aromatic carbocycles. The molecule has 7 nitrogen and oxygen atoms in total. The summed E-state index contributed by atoms with van der Waals surface area (Å²) >= 11 is 0. The molecule has 1 heterocycles. The lowest BCUT2D eigenvalue weighted by Gasteiger charge is -2.73. The van der Waals surface area contributed by atoms with Gasteiger partial charge in [-0.2, -0.15) is 0 Å². The minimum absolute atomic E-state index is 0.0402. The molecule has 14 atom stereocenters. The maximum Gasteiger partial charge on any atom is 0.309 e. The van der Waals surface area contributed by atoms with Crippen LogP contribution in [0.25, 0.3) is 0 Å². The first-order valence-electron chi connectivity index (χ1n) is 23.9. The summed E-state index contributed by atoms with van der Waals surface area (Å²) in [7, 11) is 0. The van der Waals surface area contributed by atoms with E-state index in [1.807, 2.05) is 13.8 Å². The van der Waals surface area contributed by atoms with Gasteiger partial charge in [-0.25, -0.2) is 0 Å². The zero-order chi connectivity index (χ0) is 42.2. The molecule has 1 saturated heterocycles. The Morgan fingerprint density at radius 1 is 0.690 bits per heavy atom. The lowest BCUT2D eigenvalue weighted by molar-refractivity contribution is -0.251. The second-order valence-electron chi connectivity index (χ2n) is 24.4. The van der Waals surface area contributed by atoms with Gasteiger partial charge in [0, 0.05) is 36.3 Å². The minimum atomic E-state index is -0.817. The number of carbonyl (C=O) groups excluding carboxylic acids is 3. The molecule has 1 aliphatic heterocycles. The van der Waals surface area contributed by atoms with Crippen molar-refractivity contribution in [2.24, 2.45) is 91.2 Å². The van der Waals surface area contributed by atoms with E-state index in [4.69, 9.17) is 4.74 Å². The number of allylic oxidation sites excluding steroid dienone is 1. The van der Waals surface area contributed by atoms with Crippen molar-refractivity contribution in [1.82, 2.24) is 4.90 Å². The van der Waals surface area contributed by atoms with E-state index in [2.05, 4.69) is 66.9 Å². The molecular weight excluding hydrogens is 723 g/mol. The van der Waals surface area contributed by atoms with Gasteiger partial charge in [-0.1, -0.05) is 74.5 Å². The Hall–Kier alpha value is -2.18. The molecule has 0 radical (unpaired) electrons. The fraction of sp³-hybridized carbons (Fsp3) is 0.882. The predicted molar refractivity (Wildman–Crippen MR) is 227 cm³/mol. The Labute approximate surface area is 351 Å². The molecule has 1 amide bonds. The number of ether oxygens (including phenoxy) is 1. The average molecular weight is 802 g/mol. The number of rotatable bonds is 8. The summed E-state index contributed by atoms with van der Waals surface area (Å²) in [6.45, 7) is 29.5. The van der Waals surface area contributed by atoms with Gasteiger partial charge in [-0.05, 0) is 166 Å². The van der Waals surface area contributed by atoms with Gasteiger partial charge in [-0.15, -0.1) is 0 Å². The molecule has 0 aromatic heterocycles. The van der Waals surface area contributed by atoms with Crippen molar-refractivity contribution in [3.63, 3.8) is 0 Å². The van der Waals surface area contributed by atoms with Crippen LogP contribution >= 0.6 is 0 Å². The summed E-state index contributed by atoms with van der Waals surface area (Å²) in [5, 5.41) is 9.69. The fourth-order valence-electron chi connectivity index (χ4n) is 17.3. The molecule has 7 aliphatic carbocycles. The summed E-state index contributed by atoms with van der Waals surface area (Å²) in [5.74, 6) is 1.49. The van der Waals surface area contributed by atoms with Crippen molar-refractivity contribution in [2.45, 2.75) is 178 Å². The number of ketones is 1. The molecule has 324 valence electrons. The predicted octanol–water partition coefficient (Wildman–Crippen LogP) is 10.9. The van der Waals surface area contributed by atoms with E-state index in [1.54, 1.807) is 0 Å². The zero-order valence-corrected chi connectivity index (χ0v) is 38.1. The average Bonchev–Trinajstić information content (AvgIpc) is 3.55. The highest BCUT2D eigenvalue weighted by Crippen LogP contribution is 2.78. The number of aliphatic carboxylic acids is 1. The second kappa shape index (κ2) is 13.9. The van der Waals surface area contributed by atoms with E-state index < -0.39 is 17.3 Å². The van der Waals surface area contributed by atoms with Gasteiger partial charge < -0.3 is 14.7 Å². The lowest BCUT2D eigenvalue weighted by atomic mass is 9.32. The highest BCUT2D eigenvalue weighted by molar-refractivity contribution is 5.87. The van der Waals surface area contributed by atoms with E-state index in [0.717, 1.165) is 77.3 Å². The summed E-state index contributed by atoms with van der Waals surface area (Å²) in [4.78, 5) is 56.4. The molecule has 0 aromatic rings. The molecule has 0 bridgehead atoms. The molecule has 7 heteroatoms. The number of fused-ring (bicyclic) bond motifs is 7. The molecule has 1 N–H and O–H groups in total. The van der Waals surface area contributed by atoms with Crippen LogP contribution in [-0.2, 0) is 23.9 Å². The van der Waals surface area contributed by atoms with Crippen molar-refractivity contribution in [1.29, 1.82) is 0 Å². The van der Waals surface area contributed by atoms with Crippen LogP contribution in [0.4, 0.5) is 0 Å². The van der Waals surface area contributed by atoms with Gasteiger partial charge in [-0.3, -0.25) is 19.2 Å². The number of likely N-dealkylation sites (tertiary alicyclic amines) is 1. The standard InChI is InChI=1S/C51H79NO6/c1-30(2)32-17-22-51(39(53)28-31-27-34(45(31,3)4)42(54)52-25-13-12-14-26-52)24-23-49(10)33(41(32)51)15-16-38-48(9)20-19-40(47(7,8)37(48)18-21-50(38,49)11)58-44(57)36-29-35(43(55)56)46(36,5)6/h31-38,40-41H,1,12-29H2,2-11H3,(H,55,56)/t31?,32-,33+,34-,35+,36?,37-,38+,40-,41+,48-,49+,50+,51+/m0/s1. The first-order valence-corrected chi connectivity index (χ1v) is 23.9. The highest BCUT2D eigenvalue weighted by Gasteiger charge is 2.72. The number of nitrogens with zero attached hydrogens (tertiary/aromatic N) is 1. The van der Waals surface area contributed by atoms with E-state index in [-0.39, 0.29) is 62.3 Å². The number of carboxylic acid groups (broad SMARTS) is 1. The molecule has 58 heavy (non-hydrogen) atoms. The smallest absolute Gasteiger partial charge is 0.309 e. The van der Waals surface area contributed by atoms with Crippen molar-refractivity contribution in [3.05, 3.63) is 12.2 Å². The Morgan fingerprint density at radius 3 is 2.00 bits per heavy atom. The van der Waals surface area contributed by atoms with Crippen LogP contribution in [0.5, 0.6) is 0 Å². The second-order valence-corrected chi connectivity index (χ2v) is 24.4. The van der Waals surface area contributed by atoms with Crippen molar-refractivity contribution in [2.75, 3.05) is 13.1 Å². The molecule has 8 fully saturated rings. The summed E-state index contributed by atoms with van der Waals surface area (Å²) in [6.07, 6.45) is 15.9. The van der Waals surface area contributed by atoms with Gasteiger partial charge in [0.15, 0.2) is 0 Å². The van der Waals surface area contributed by atoms with Crippen LogP contribution < -0.4 is 0 Å². The lowest BCUT2D eigenvalue weighted by Crippen LogP contribution is -2.67. The van der Waals surface area contributed by atoms with E-state index in [0.29, 0.717) is 54.1 Å². The van der Waals surface area contributed by atoms with Crippen LogP contribution in [0.15, 0.2) is 12.2 Å². The van der Waals surface area contributed by atoms with Crippen molar-refractivity contribution in [3.8, 4) is 0 Å². The first kappa shape index (κ1) is 42.5. The van der Waals surface area contributed by atoms with E-state index >= 15 is 4.79 Å². The number of carbonyl (C=O) groups is 4. The molecule has 8 rings (SSSR count). The quantitative estimate of drug-likeness (QED) is 0.194. The van der Waals surface area contributed by atoms with Gasteiger partial charge in [0.2, 0.25) is 5.91 Å². The third-order valence-corrected chi connectivity index (χ3v) is 21.5. The topological polar surface area (TPSA) is 101 Å². The molecular formula is C51H79NO6. The third-order valence-electron chi connectivity index (χ3n) is 21.5. The van der Waals surface area contributed by atoms with Crippen LogP contribution in [0, 0.1) is 91.2 Å². The Kier molecular flexibility index (Phi) is 10.2. The number of amides is 1. The third kappa shape index (κ3) is 5.81. The number of Topliss-reactive ketones (excluding diaryl/α,β-unsaturated/α-hetero) is 1. The minimum Gasteiger partial charge on any atom is -0.481 e. The van der Waals surface area contributed by atoms with Crippen LogP contribution in [-0.4, -0.2) is 52.8 Å². The zero-order valence-electron chi connectivity index (χ0n) is 38.1. The number of piperidine rings is 1. The fourth-order valence-corrected chi connectivity index (χ4v) is 17.3. The van der Waals surface area contributed by atoms with E-state index in [9.17, 15) is 19.5 Å². The maximum absolute atomic E-state index is 15.2. The number of hydrogen-bond acceptors (Lipinski definition) is 5. The van der Waals surface area contributed by atoms with Crippen LogP contribution in [0.2, 0.25) is 0 Å².